The van der Waals surface area contributed by atoms with Crippen LogP contribution in [-0.2, 0) is 0 Å². The van der Waals surface area contributed by atoms with Crippen LogP contribution in [0.1, 0.15) is 40.7 Å². The highest BCUT2D eigenvalue weighted by Crippen LogP contribution is 2.38. The Labute approximate surface area is 132 Å². The van der Waals surface area contributed by atoms with E-state index in [-0.39, 0.29) is 0 Å². The smallest absolute Gasteiger partial charge is 0.150 e. The van der Waals surface area contributed by atoms with Gasteiger partial charge in [-0.15, -0.1) is 0 Å². The van der Waals surface area contributed by atoms with E-state index in [0.29, 0.717) is 0 Å². The van der Waals surface area contributed by atoms with Gasteiger partial charge in [0.25, 0.3) is 0 Å². The minimum atomic E-state index is 0.785. The third-order valence-corrected chi connectivity index (χ3v) is 4.63. The number of rotatable bonds is 3. The van der Waals surface area contributed by atoms with Crippen molar-refractivity contribution in [2.45, 2.75) is 33.1 Å². The molecular formula is C20H23NO. The van der Waals surface area contributed by atoms with E-state index in [9.17, 15) is 4.79 Å². The first-order valence-electron chi connectivity index (χ1n) is 8.12. The average molecular weight is 293 g/mol. The van der Waals surface area contributed by atoms with Crippen LogP contribution in [0, 0.1) is 13.8 Å². The predicted octanol–water partition coefficient (Wildman–Crippen LogP) is 4.77. The fraction of sp³-hybridized carbons (Fsp3) is 0.350. The number of hydrogen-bond donors (Lipinski definition) is 0. The molecule has 0 radical (unpaired) electrons. The molecule has 1 saturated heterocycles. The molecule has 2 aromatic carbocycles. The molecule has 22 heavy (non-hydrogen) atoms. The Morgan fingerprint density at radius 1 is 0.864 bits per heavy atom. The summed E-state index contributed by atoms with van der Waals surface area (Å²) in [6.07, 6.45) is 4.81. The van der Waals surface area contributed by atoms with Gasteiger partial charge in [-0.2, -0.15) is 0 Å². The minimum Gasteiger partial charge on any atom is -0.371 e. The van der Waals surface area contributed by atoms with Crippen molar-refractivity contribution in [1.29, 1.82) is 0 Å². The number of anilines is 1. The molecule has 0 aliphatic carbocycles. The number of carbonyl (C=O) groups excluding carboxylic acids is 1. The van der Waals surface area contributed by atoms with Crippen LogP contribution in [0.25, 0.3) is 11.1 Å². The second-order valence-corrected chi connectivity index (χ2v) is 6.17. The van der Waals surface area contributed by atoms with Crippen LogP contribution >= 0.6 is 0 Å². The van der Waals surface area contributed by atoms with Crippen molar-refractivity contribution in [2.75, 3.05) is 18.0 Å². The molecule has 0 spiro atoms. The van der Waals surface area contributed by atoms with Crippen molar-refractivity contribution in [2.24, 2.45) is 0 Å². The van der Waals surface area contributed by atoms with Gasteiger partial charge in [-0.3, -0.25) is 4.79 Å². The molecule has 2 heteroatoms. The first-order valence-corrected chi connectivity index (χ1v) is 8.12. The standard InChI is InChI=1S/C20H23NO/c1-15-8-6-10-17(14-22)19(15)20-16(2)9-7-11-18(20)21-12-4-3-5-13-21/h6-11,14H,3-5,12-13H2,1-2H3. The zero-order valence-electron chi connectivity index (χ0n) is 13.4. The van der Waals surface area contributed by atoms with Gasteiger partial charge in [-0.1, -0.05) is 30.3 Å². The Hall–Kier alpha value is -2.09. The first-order chi connectivity index (χ1) is 10.7. The average Bonchev–Trinajstić information content (AvgIpc) is 2.56. The maximum absolute atomic E-state index is 11.5. The normalized spacial score (nSPS) is 14.9. The van der Waals surface area contributed by atoms with Gasteiger partial charge in [0.15, 0.2) is 6.29 Å². The maximum Gasteiger partial charge on any atom is 0.150 e. The molecule has 114 valence electrons. The SMILES string of the molecule is Cc1cccc(C=O)c1-c1c(C)cccc1N1CCCCC1. The van der Waals surface area contributed by atoms with E-state index in [2.05, 4.69) is 43.0 Å². The van der Waals surface area contributed by atoms with E-state index in [1.807, 2.05) is 12.1 Å². The van der Waals surface area contributed by atoms with Crippen LogP contribution in [-0.4, -0.2) is 19.4 Å². The van der Waals surface area contributed by atoms with Crippen molar-refractivity contribution in [3.63, 3.8) is 0 Å². The van der Waals surface area contributed by atoms with Crippen molar-refractivity contribution in [3.05, 3.63) is 53.1 Å². The van der Waals surface area contributed by atoms with Crippen molar-refractivity contribution in [3.8, 4) is 11.1 Å². The minimum absolute atomic E-state index is 0.785. The van der Waals surface area contributed by atoms with Crippen molar-refractivity contribution < 1.29 is 4.79 Å². The molecule has 2 nitrogen and oxygen atoms in total. The number of carbonyl (C=O) groups is 1. The van der Waals surface area contributed by atoms with Gasteiger partial charge in [0, 0.05) is 29.9 Å². The lowest BCUT2D eigenvalue weighted by molar-refractivity contribution is 0.112. The van der Waals surface area contributed by atoms with Gasteiger partial charge in [0.1, 0.15) is 0 Å². The molecule has 0 bridgehead atoms. The van der Waals surface area contributed by atoms with Crippen LogP contribution in [0.3, 0.4) is 0 Å². The topological polar surface area (TPSA) is 20.3 Å². The summed E-state index contributed by atoms with van der Waals surface area (Å²) >= 11 is 0. The highest BCUT2D eigenvalue weighted by Gasteiger charge is 2.19. The molecule has 1 aliphatic rings. The number of aldehydes is 1. The number of benzene rings is 2. The van der Waals surface area contributed by atoms with Gasteiger partial charge in [-0.25, -0.2) is 0 Å². The molecule has 0 atom stereocenters. The van der Waals surface area contributed by atoms with Crippen LogP contribution in [0.15, 0.2) is 36.4 Å². The van der Waals surface area contributed by atoms with Crippen LogP contribution < -0.4 is 4.90 Å². The van der Waals surface area contributed by atoms with E-state index < -0.39 is 0 Å². The zero-order valence-corrected chi connectivity index (χ0v) is 13.4. The van der Waals surface area contributed by atoms with Gasteiger partial charge < -0.3 is 4.90 Å². The molecule has 0 amide bonds. The monoisotopic (exact) mass is 293 g/mol. The molecule has 0 N–H and O–H groups in total. The summed E-state index contributed by atoms with van der Waals surface area (Å²) in [7, 11) is 0. The summed E-state index contributed by atoms with van der Waals surface area (Å²) in [5.41, 5.74) is 6.78. The number of aryl methyl sites for hydroxylation is 2. The molecule has 1 heterocycles. The molecule has 1 fully saturated rings. The van der Waals surface area contributed by atoms with E-state index in [1.165, 1.54) is 36.1 Å². The molecule has 2 aromatic rings. The molecular weight excluding hydrogens is 270 g/mol. The first kappa shape index (κ1) is 14.8. The Morgan fingerprint density at radius 3 is 2.18 bits per heavy atom. The van der Waals surface area contributed by atoms with E-state index >= 15 is 0 Å². The van der Waals surface area contributed by atoms with E-state index in [1.54, 1.807) is 0 Å². The fourth-order valence-electron chi connectivity index (χ4n) is 3.51. The number of piperidine rings is 1. The van der Waals surface area contributed by atoms with Gasteiger partial charge in [0.05, 0.1) is 0 Å². The lowest BCUT2D eigenvalue weighted by atomic mass is 9.90. The third kappa shape index (κ3) is 2.66. The van der Waals surface area contributed by atoms with Crippen molar-refractivity contribution in [1.82, 2.24) is 0 Å². The predicted molar refractivity (Wildman–Crippen MR) is 92.8 cm³/mol. The summed E-state index contributed by atoms with van der Waals surface area (Å²) in [4.78, 5) is 14.0. The van der Waals surface area contributed by atoms with Crippen LogP contribution in [0.5, 0.6) is 0 Å². The van der Waals surface area contributed by atoms with E-state index in [4.69, 9.17) is 0 Å². The Balaban J connectivity index is 2.20. The third-order valence-electron chi connectivity index (χ3n) is 4.63. The highest BCUT2D eigenvalue weighted by atomic mass is 16.1. The molecule has 0 unspecified atom stereocenters. The zero-order chi connectivity index (χ0) is 15.5. The summed E-state index contributed by atoms with van der Waals surface area (Å²) in [5, 5.41) is 0. The Bertz CT molecular complexity index is 684. The number of nitrogens with zero attached hydrogens (tertiary/aromatic N) is 1. The van der Waals surface area contributed by atoms with E-state index in [0.717, 1.165) is 36.1 Å². The molecule has 1 aliphatic heterocycles. The maximum atomic E-state index is 11.5. The summed E-state index contributed by atoms with van der Waals surface area (Å²) in [5.74, 6) is 0. The summed E-state index contributed by atoms with van der Waals surface area (Å²) in [6.45, 7) is 6.45. The largest absolute Gasteiger partial charge is 0.371 e. The lowest BCUT2D eigenvalue weighted by Gasteiger charge is -2.32. The van der Waals surface area contributed by atoms with Crippen LogP contribution in [0.4, 0.5) is 5.69 Å². The quantitative estimate of drug-likeness (QED) is 0.759. The summed E-state index contributed by atoms with van der Waals surface area (Å²) < 4.78 is 0. The summed E-state index contributed by atoms with van der Waals surface area (Å²) in [6, 6.07) is 12.4. The molecule has 3 rings (SSSR count). The molecule has 0 saturated carbocycles. The Morgan fingerprint density at radius 2 is 1.50 bits per heavy atom. The fourth-order valence-corrected chi connectivity index (χ4v) is 3.51. The molecule has 0 aromatic heterocycles. The highest BCUT2D eigenvalue weighted by molar-refractivity contribution is 5.94. The van der Waals surface area contributed by atoms with Gasteiger partial charge >= 0.3 is 0 Å². The van der Waals surface area contributed by atoms with Crippen LogP contribution in [0.2, 0.25) is 0 Å². The Kier molecular flexibility index (Phi) is 4.28. The second-order valence-electron chi connectivity index (χ2n) is 6.17. The number of hydrogen-bond acceptors (Lipinski definition) is 2. The van der Waals surface area contributed by atoms with Gasteiger partial charge in [-0.05, 0) is 55.9 Å². The lowest BCUT2D eigenvalue weighted by Crippen LogP contribution is -2.30. The van der Waals surface area contributed by atoms with Gasteiger partial charge in [0.2, 0.25) is 0 Å². The second kappa shape index (κ2) is 6.35. The van der Waals surface area contributed by atoms with Crippen molar-refractivity contribution >= 4 is 12.0 Å².